The van der Waals surface area contributed by atoms with Gasteiger partial charge in [-0.25, -0.2) is 4.79 Å². The van der Waals surface area contributed by atoms with Crippen molar-refractivity contribution in [3.63, 3.8) is 0 Å². The molecule has 0 saturated carbocycles. The van der Waals surface area contributed by atoms with E-state index in [1.54, 1.807) is 6.92 Å². The number of hydrogen-bond acceptors (Lipinski definition) is 5. The molecule has 1 amide bonds. The Bertz CT molecular complexity index is 510. The van der Waals surface area contributed by atoms with Crippen LogP contribution in [0.1, 0.15) is 17.3 Å². The van der Waals surface area contributed by atoms with Crippen molar-refractivity contribution >= 4 is 6.09 Å². The molecule has 1 aromatic heterocycles. The zero-order valence-electron chi connectivity index (χ0n) is 9.92. The first-order valence-corrected chi connectivity index (χ1v) is 5.47. The number of rotatable bonds is 4. The largest absolute Gasteiger partial charge is 0.445 e. The molecule has 0 aliphatic rings. The summed E-state index contributed by atoms with van der Waals surface area (Å²) >= 11 is 0. The third kappa shape index (κ3) is 3.58. The average Bonchev–Trinajstić information content (AvgIpc) is 2.81. The smallest absolute Gasteiger partial charge is 0.407 e. The number of hydrogen-bond donors (Lipinski definition) is 1. The van der Waals surface area contributed by atoms with Gasteiger partial charge in [0.1, 0.15) is 6.61 Å². The molecule has 1 N–H and O–H groups in total. The lowest BCUT2D eigenvalue weighted by molar-refractivity contribution is 0.138. The second kappa shape index (κ2) is 5.81. The molecule has 0 aliphatic heterocycles. The van der Waals surface area contributed by atoms with E-state index in [9.17, 15) is 4.79 Å². The van der Waals surface area contributed by atoms with Gasteiger partial charge >= 0.3 is 6.09 Å². The minimum absolute atomic E-state index is 0.161. The third-order valence-electron chi connectivity index (χ3n) is 2.16. The molecule has 0 aliphatic carbocycles. The molecular weight excluding hydrogens is 234 g/mol. The number of carbonyl (C=O) groups excluding carboxylic acids is 1. The highest BCUT2D eigenvalue weighted by Crippen LogP contribution is 2.01. The molecule has 94 valence electrons. The highest BCUT2D eigenvalue weighted by Gasteiger charge is 2.06. The Morgan fingerprint density at radius 1 is 1.33 bits per heavy atom. The van der Waals surface area contributed by atoms with Crippen LogP contribution in [0.4, 0.5) is 4.79 Å². The van der Waals surface area contributed by atoms with Gasteiger partial charge in [0, 0.05) is 6.92 Å². The molecule has 18 heavy (non-hydrogen) atoms. The minimum atomic E-state index is -0.519. The SMILES string of the molecule is Cc1nnc(CNC(=O)OCc2ccccc2)o1. The molecule has 0 bridgehead atoms. The summed E-state index contributed by atoms with van der Waals surface area (Å²) in [7, 11) is 0. The van der Waals surface area contributed by atoms with Gasteiger partial charge in [0.15, 0.2) is 0 Å². The molecule has 2 rings (SSSR count). The summed E-state index contributed by atoms with van der Waals surface area (Å²) in [5.41, 5.74) is 0.932. The normalized spacial score (nSPS) is 10.1. The van der Waals surface area contributed by atoms with E-state index in [2.05, 4.69) is 15.5 Å². The van der Waals surface area contributed by atoms with Gasteiger partial charge in [0.05, 0.1) is 6.54 Å². The standard InChI is InChI=1S/C12H13N3O3/c1-9-14-15-11(18-9)7-13-12(16)17-8-10-5-3-2-4-6-10/h2-6H,7-8H2,1H3,(H,13,16). The topological polar surface area (TPSA) is 77.2 Å². The molecule has 2 aromatic rings. The number of benzene rings is 1. The van der Waals surface area contributed by atoms with Crippen molar-refractivity contribution in [3.05, 3.63) is 47.7 Å². The van der Waals surface area contributed by atoms with Gasteiger partial charge in [-0.05, 0) is 5.56 Å². The number of aromatic nitrogens is 2. The Labute approximate surface area is 104 Å². The second-order valence-electron chi connectivity index (χ2n) is 3.63. The summed E-state index contributed by atoms with van der Waals surface area (Å²) in [6.45, 7) is 2.08. The van der Waals surface area contributed by atoms with Crippen molar-refractivity contribution in [1.82, 2.24) is 15.5 Å². The lowest BCUT2D eigenvalue weighted by Crippen LogP contribution is -2.23. The number of ether oxygens (including phenoxy) is 1. The van der Waals surface area contributed by atoms with Crippen LogP contribution in [0.5, 0.6) is 0 Å². The van der Waals surface area contributed by atoms with E-state index in [1.807, 2.05) is 30.3 Å². The van der Waals surface area contributed by atoms with Crippen LogP contribution in [0, 0.1) is 6.92 Å². The summed E-state index contributed by atoms with van der Waals surface area (Å²) in [6.07, 6.45) is -0.519. The van der Waals surface area contributed by atoms with Crippen LogP contribution in [-0.2, 0) is 17.9 Å². The van der Waals surface area contributed by atoms with Crippen LogP contribution in [0.2, 0.25) is 0 Å². The van der Waals surface area contributed by atoms with Crippen LogP contribution in [0.3, 0.4) is 0 Å². The van der Waals surface area contributed by atoms with Crippen molar-refractivity contribution < 1.29 is 13.9 Å². The lowest BCUT2D eigenvalue weighted by Gasteiger charge is -2.05. The predicted molar refractivity (Wildman–Crippen MR) is 62.5 cm³/mol. The first-order valence-electron chi connectivity index (χ1n) is 5.47. The number of aryl methyl sites for hydroxylation is 1. The van der Waals surface area contributed by atoms with E-state index in [1.165, 1.54) is 0 Å². The number of amides is 1. The molecule has 1 heterocycles. The molecule has 0 spiro atoms. The maximum Gasteiger partial charge on any atom is 0.407 e. The second-order valence-corrected chi connectivity index (χ2v) is 3.63. The van der Waals surface area contributed by atoms with Crippen LogP contribution in [0.25, 0.3) is 0 Å². The fourth-order valence-electron chi connectivity index (χ4n) is 1.33. The van der Waals surface area contributed by atoms with Crippen LogP contribution >= 0.6 is 0 Å². The molecule has 0 radical (unpaired) electrons. The predicted octanol–water partition coefficient (Wildman–Crippen LogP) is 1.80. The Kier molecular flexibility index (Phi) is 3.90. The van der Waals surface area contributed by atoms with Crippen LogP contribution in [-0.4, -0.2) is 16.3 Å². The number of nitrogens with zero attached hydrogens (tertiary/aromatic N) is 2. The Balaban J connectivity index is 1.73. The van der Waals surface area contributed by atoms with Gasteiger partial charge < -0.3 is 14.5 Å². The molecule has 0 atom stereocenters. The van der Waals surface area contributed by atoms with Crippen molar-refractivity contribution in [1.29, 1.82) is 0 Å². The number of carbonyl (C=O) groups is 1. The Hall–Kier alpha value is -2.37. The van der Waals surface area contributed by atoms with E-state index < -0.39 is 6.09 Å². The van der Waals surface area contributed by atoms with Crippen molar-refractivity contribution in [2.75, 3.05) is 0 Å². The number of alkyl carbamates (subject to hydrolysis) is 1. The monoisotopic (exact) mass is 247 g/mol. The highest BCUT2D eigenvalue weighted by molar-refractivity contribution is 5.66. The Morgan fingerprint density at radius 3 is 2.78 bits per heavy atom. The van der Waals surface area contributed by atoms with E-state index in [0.29, 0.717) is 11.8 Å². The summed E-state index contributed by atoms with van der Waals surface area (Å²) in [5.74, 6) is 0.814. The molecule has 6 heteroatoms. The summed E-state index contributed by atoms with van der Waals surface area (Å²) in [5, 5.41) is 9.92. The summed E-state index contributed by atoms with van der Waals surface area (Å²) in [6, 6.07) is 9.44. The fourth-order valence-corrected chi connectivity index (χ4v) is 1.33. The van der Waals surface area contributed by atoms with Gasteiger partial charge in [0.25, 0.3) is 0 Å². The van der Waals surface area contributed by atoms with E-state index >= 15 is 0 Å². The van der Waals surface area contributed by atoms with Crippen molar-refractivity contribution in [2.45, 2.75) is 20.1 Å². The van der Waals surface area contributed by atoms with Crippen LogP contribution < -0.4 is 5.32 Å². The maximum atomic E-state index is 11.4. The summed E-state index contributed by atoms with van der Waals surface area (Å²) < 4.78 is 10.1. The van der Waals surface area contributed by atoms with E-state index in [-0.39, 0.29) is 13.2 Å². The third-order valence-corrected chi connectivity index (χ3v) is 2.16. The maximum absolute atomic E-state index is 11.4. The Morgan fingerprint density at radius 2 is 2.11 bits per heavy atom. The molecule has 0 saturated heterocycles. The fraction of sp³-hybridized carbons (Fsp3) is 0.250. The highest BCUT2D eigenvalue weighted by atomic mass is 16.5. The van der Waals surface area contributed by atoms with Gasteiger partial charge in [0.2, 0.25) is 11.8 Å². The average molecular weight is 247 g/mol. The van der Waals surface area contributed by atoms with E-state index in [0.717, 1.165) is 5.56 Å². The molecule has 6 nitrogen and oxygen atoms in total. The molecular formula is C12H13N3O3. The minimum Gasteiger partial charge on any atom is -0.445 e. The first kappa shape index (κ1) is 12.1. The van der Waals surface area contributed by atoms with Crippen LogP contribution in [0.15, 0.2) is 34.7 Å². The van der Waals surface area contributed by atoms with Gasteiger partial charge in [-0.3, -0.25) is 0 Å². The van der Waals surface area contributed by atoms with Gasteiger partial charge in [-0.15, -0.1) is 10.2 Å². The molecule has 0 unspecified atom stereocenters. The zero-order chi connectivity index (χ0) is 12.8. The first-order chi connectivity index (χ1) is 8.74. The van der Waals surface area contributed by atoms with Crippen molar-refractivity contribution in [2.24, 2.45) is 0 Å². The van der Waals surface area contributed by atoms with E-state index in [4.69, 9.17) is 9.15 Å². The lowest BCUT2D eigenvalue weighted by atomic mass is 10.2. The molecule has 1 aromatic carbocycles. The van der Waals surface area contributed by atoms with Gasteiger partial charge in [-0.2, -0.15) is 0 Å². The molecule has 0 fully saturated rings. The van der Waals surface area contributed by atoms with Gasteiger partial charge in [-0.1, -0.05) is 30.3 Å². The van der Waals surface area contributed by atoms with Crippen molar-refractivity contribution in [3.8, 4) is 0 Å². The number of nitrogens with one attached hydrogen (secondary N) is 1. The summed E-state index contributed by atoms with van der Waals surface area (Å²) in [4.78, 5) is 11.4. The zero-order valence-corrected chi connectivity index (χ0v) is 9.92. The quantitative estimate of drug-likeness (QED) is 0.891.